The van der Waals surface area contributed by atoms with E-state index in [0.717, 1.165) is 5.56 Å². The van der Waals surface area contributed by atoms with Crippen molar-refractivity contribution in [3.8, 4) is 0 Å². The van der Waals surface area contributed by atoms with Gasteiger partial charge in [0, 0.05) is 5.69 Å². The SMILES string of the molecule is NC(=S)Nc1ccc2ncn(Cc3ccccc3)c(=O)c2c1. The van der Waals surface area contributed by atoms with Crippen molar-refractivity contribution in [3.05, 3.63) is 70.8 Å². The molecule has 2 aromatic carbocycles. The Hall–Kier alpha value is -2.73. The standard InChI is InChI=1S/C16H14N4OS/c17-16(22)19-12-6-7-14-13(8-12)15(21)20(10-18-14)9-11-4-2-1-3-5-11/h1-8,10H,9H2,(H3,17,19,22). The number of rotatable bonds is 3. The summed E-state index contributed by atoms with van der Waals surface area (Å²) in [5.41, 5.74) is 7.73. The minimum absolute atomic E-state index is 0.0968. The average molecular weight is 310 g/mol. The Bertz CT molecular complexity index is 890. The summed E-state index contributed by atoms with van der Waals surface area (Å²) < 4.78 is 1.59. The van der Waals surface area contributed by atoms with Crippen LogP contribution in [-0.2, 0) is 6.54 Å². The van der Waals surface area contributed by atoms with E-state index in [9.17, 15) is 4.79 Å². The molecule has 3 aromatic rings. The van der Waals surface area contributed by atoms with Crippen molar-refractivity contribution in [2.24, 2.45) is 5.73 Å². The van der Waals surface area contributed by atoms with E-state index in [1.165, 1.54) is 0 Å². The molecule has 0 unspecified atom stereocenters. The number of fused-ring (bicyclic) bond motifs is 1. The van der Waals surface area contributed by atoms with Gasteiger partial charge in [-0.2, -0.15) is 0 Å². The Morgan fingerprint density at radius 1 is 1.23 bits per heavy atom. The van der Waals surface area contributed by atoms with Gasteiger partial charge in [0.2, 0.25) is 0 Å². The molecule has 0 bridgehead atoms. The zero-order valence-corrected chi connectivity index (χ0v) is 12.5. The van der Waals surface area contributed by atoms with Crippen LogP contribution in [-0.4, -0.2) is 14.7 Å². The molecule has 5 nitrogen and oxygen atoms in total. The first-order chi connectivity index (χ1) is 10.6. The minimum Gasteiger partial charge on any atom is -0.376 e. The lowest BCUT2D eigenvalue weighted by Crippen LogP contribution is -2.22. The summed E-state index contributed by atoms with van der Waals surface area (Å²) in [5, 5.41) is 3.51. The molecule has 22 heavy (non-hydrogen) atoms. The first-order valence-electron chi connectivity index (χ1n) is 6.73. The molecule has 0 aliphatic heterocycles. The van der Waals surface area contributed by atoms with Crippen LogP contribution in [0.3, 0.4) is 0 Å². The van der Waals surface area contributed by atoms with Gasteiger partial charge >= 0.3 is 0 Å². The van der Waals surface area contributed by atoms with Crippen molar-refractivity contribution < 1.29 is 0 Å². The highest BCUT2D eigenvalue weighted by atomic mass is 32.1. The van der Waals surface area contributed by atoms with Crippen LogP contribution >= 0.6 is 12.2 Å². The summed E-state index contributed by atoms with van der Waals surface area (Å²) in [5.74, 6) is 0. The summed E-state index contributed by atoms with van der Waals surface area (Å²) in [6.07, 6.45) is 1.57. The first-order valence-corrected chi connectivity index (χ1v) is 7.14. The van der Waals surface area contributed by atoms with Crippen LogP contribution in [0.1, 0.15) is 5.56 Å². The van der Waals surface area contributed by atoms with Gasteiger partial charge < -0.3 is 11.1 Å². The lowest BCUT2D eigenvalue weighted by Gasteiger charge is -2.08. The lowest BCUT2D eigenvalue weighted by molar-refractivity contribution is 0.748. The van der Waals surface area contributed by atoms with Gasteiger partial charge in [-0.15, -0.1) is 0 Å². The van der Waals surface area contributed by atoms with E-state index in [-0.39, 0.29) is 10.7 Å². The van der Waals surface area contributed by atoms with Crippen LogP contribution in [0.5, 0.6) is 0 Å². The third-order valence-electron chi connectivity index (χ3n) is 3.29. The minimum atomic E-state index is -0.0968. The summed E-state index contributed by atoms with van der Waals surface area (Å²) in [6, 6.07) is 15.0. The molecule has 1 aromatic heterocycles. The molecule has 0 fully saturated rings. The number of anilines is 1. The molecule has 0 aliphatic rings. The van der Waals surface area contributed by atoms with E-state index in [1.807, 2.05) is 30.3 Å². The van der Waals surface area contributed by atoms with Gasteiger partial charge in [0.05, 0.1) is 23.8 Å². The van der Waals surface area contributed by atoms with Crippen molar-refractivity contribution in [1.29, 1.82) is 0 Å². The van der Waals surface area contributed by atoms with Gasteiger partial charge in [0.1, 0.15) is 0 Å². The lowest BCUT2D eigenvalue weighted by atomic mass is 10.2. The summed E-state index contributed by atoms with van der Waals surface area (Å²) >= 11 is 4.81. The number of hydrogen-bond donors (Lipinski definition) is 2. The second-order valence-corrected chi connectivity index (χ2v) is 5.32. The molecule has 0 saturated carbocycles. The summed E-state index contributed by atoms with van der Waals surface area (Å²) in [7, 11) is 0. The maximum atomic E-state index is 12.6. The van der Waals surface area contributed by atoms with Gasteiger partial charge in [0.15, 0.2) is 5.11 Å². The maximum Gasteiger partial charge on any atom is 0.261 e. The van der Waals surface area contributed by atoms with E-state index in [0.29, 0.717) is 23.1 Å². The first kappa shape index (κ1) is 14.2. The quantitative estimate of drug-likeness (QED) is 0.725. The van der Waals surface area contributed by atoms with Crippen LogP contribution < -0.4 is 16.6 Å². The van der Waals surface area contributed by atoms with Crippen LogP contribution in [0.15, 0.2) is 59.7 Å². The largest absolute Gasteiger partial charge is 0.376 e. The van der Waals surface area contributed by atoms with Gasteiger partial charge in [-0.25, -0.2) is 4.98 Å². The van der Waals surface area contributed by atoms with Crippen molar-refractivity contribution in [3.63, 3.8) is 0 Å². The second-order valence-electron chi connectivity index (χ2n) is 4.88. The van der Waals surface area contributed by atoms with Gasteiger partial charge in [0.25, 0.3) is 5.56 Å². The molecule has 0 saturated heterocycles. The van der Waals surface area contributed by atoms with E-state index in [1.54, 1.807) is 29.1 Å². The molecule has 3 rings (SSSR count). The van der Waals surface area contributed by atoms with Crippen molar-refractivity contribution >= 4 is 33.9 Å². The Kier molecular flexibility index (Phi) is 3.84. The normalized spacial score (nSPS) is 10.5. The molecular weight excluding hydrogens is 296 g/mol. The van der Waals surface area contributed by atoms with E-state index < -0.39 is 0 Å². The third kappa shape index (κ3) is 2.96. The second kappa shape index (κ2) is 5.95. The molecule has 0 spiro atoms. The fourth-order valence-electron chi connectivity index (χ4n) is 2.27. The van der Waals surface area contributed by atoms with Crippen molar-refractivity contribution in [1.82, 2.24) is 9.55 Å². The highest BCUT2D eigenvalue weighted by Crippen LogP contribution is 2.14. The number of nitrogens with zero attached hydrogens (tertiary/aromatic N) is 2. The molecule has 110 valence electrons. The molecule has 0 aliphatic carbocycles. The van der Waals surface area contributed by atoms with Crippen LogP contribution in [0.4, 0.5) is 5.69 Å². The number of thiocarbonyl (C=S) groups is 1. The number of hydrogen-bond acceptors (Lipinski definition) is 3. The van der Waals surface area contributed by atoms with Crippen LogP contribution in [0.2, 0.25) is 0 Å². The smallest absolute Gasteiger partial charge is 0.261 e. The molecule has 3 N–H and O–H groups in total. The fraction of sp³-hybridized carbons (Fsp3) is 0.0625. The van der Waals surface area contributed by atoms with Crippen LogP contribution in [0.25, 0.3) is 10.9 Å². The summed E-state index contributed by atoms with van der Waals surface area (Å²) in [4.78, 5) is 16.9. The average Bonchev–Trinajstić information content (AvgIpc) is 2.51. The zero-order valence-electron chi connectivity index (χ0n) is 11.7. The van der Waals surface area contributed by atoms with E-state index in [4.69, 9.17) is 18.0 Å². The maximum absolute atomic E-state index is 12.6. The predicted octanol–water partition coefficient (Wildman–Crippen LogP) is 2.10. The monoisotopic (exact) mass is 310 g/mol. The number of aromatic nitrogens is 2. The Labute approximate surface area is 132 Å². The highest BCUT2D eigenvalue weighted by Gasteiger charge is 2.06. The number of nitrogens with one attached hydrogen (secondary N) is 1. The van der Waals surface area contributed by atoms with Crippen LogP contribution in [0, 0.1) is 0 Å². The molecule has 6 heteroatoms. The Morgan fingerprint density at radius 2 is 2.00 bits per heavy atom. The third-order valence-corrected chi connectivity index (χ3v) is 3.39. The van der Waals surface area contributed by atoms with Gasteiger partial charge in [-0.1, -0.05) is 30.3 Å². The van der Waals surface area contributed by atoms with E-state index in [2.05, 4.69) is 10.3 Å². The molecular formula is C16H14N4OS. The molecule has 0 atom stereocenters. The predicted molar refractivity (Wildman–Crippen MR) is 92.0 cm³/mol. The molecule has 0 amide bonds. The van der Waals surface area contributed by atoms with Crippen molar-refractivity contribution in [2.45, 2.75) is 6.54 Å². The topological polar surface area (TPSA) is 72.9 Å². The van der Waals surface area contributed by atoms with Gasteiger partial charge in [-0.05, 0) is 36.0 Å². The Balaban J connectivity index is 2.04. The molecule has 1 heterocycles. The zero-order chi connectivity index (χ0) is 15.5. The Morgan fingerprint density at radius 3 is 2.73 bits per heavy atom. The van der Waals surface area contributed by atoms with Gasteiger partial charge in [-0.3, -0.25) is 9.36 Å². The van der Waals surface area contributed by atoms with E-state index >= 15 is 0 Å². The van der Waals surface area contributed by atoms with Crippen molar-refractivity contribution in [2.75, 3.05) is 5.32 Å². The molecule has 0 radical (unpaired) electrons. The highest BCUT2D eigenvalue weighted by molar-refractivity contribution is 7.80. The summed E-state index contributed by atoms with van der Waals surface area (Å²) in [6.45, 7) is 0.482. The number of benzene rings is 2. The number of nitrogens with two attached hydrogens (primary N) is 1. The fourth-order valence-corrected chi connectivity index (χ4v) is 2.39.